The Morgan fingerprint density at radius 2 is 1.71 bits per heavy atom. The molecule has 2 aliphatic heterocycles. The second-order valence-corrected chi connectivity index (χ2v) is 10.9. The number of rotatable bonds is 6. The number of nitrogens with zero attached hydrogens (tertiary/aromatic N) is 2. The molecule has 2 aliphatic rings. The van der Waals surface area contributed by atoms with E-state index in [1.807, 2.05) is 74.5 Å². The molecular formula is C27H26N4O3S. The monoisotopic (exact) mass is 486 g/mol. The highest BCUT2D eigenvalue weighted by atomic mass is 32.2. The van der Waals surface area contributed by atoms with Crippen molar-refractivity contribution in [2.75, 3.05) is 0 Å². The Hall–Kier alpha value is -3.65. The van der Waals surface area contributed by atoms with Crippen molar-refractivity contribution in [3.05, 3.63) is 101 Å². The molecule has 0 saturated carbocycles. The van der Waals surface area contributed by atoms with Crippen LogP contribution in [-0.2, 0) is 16.1 Å². The maximum absolute atomic E-state index is 13.8. The summed E-state index contributed by atoms with van der Waals surface area (Å²) in [5.74, 6) is -0.821. The normalized spacial score (nSPS) is 20.6. The second kappa shape index (κ2) is 9.19. The van der Waals surface area contributed by atoms with E-state index in [4.69, 9.17) is 0 Å². The van der Waals surface area contributed by atoms with Crippen molar-refractivity contribution in [3.8, 4) is 0 Å². The average Bonchev–Trinajstić information content (AvgIpc) is 3.30. The van der Waals surface area contributed by atoms with E-state index in [1.54, 1.807) is 35.1 Å². The van der Waals surface area contributed by atoms with Gasteiger partial charge in [-0.3, -0.25) is 19.4 Å². The molecule has 1 fully saturated rings. The Morgan fingerprint density at radius 3 is 2.46 bits per heavy atom. The minimum Gasteiger partial charge on any atom is -0.350 e. The van der Waals surface area contributed by atoms with E-state index < -0.39 is 16.8 Å². The third-order valence-electron chi connectivity index (χ3n) is 6.44. The molecule has 3 atom stereocenters. The van der Waals surface area contributed by atoms with Crippen molar-refractivity contribution in [1.29, 1.82) is 0 Å². The van der Waals surface area contributed by atoms with Gasteiger partial charge in [0.25, 0.3) is 5.91 Å². The van der Waals surface area contributed by atoms with Gasteiger partial charge in [0.05, 0.1) is 0 Å². The highest BCUT2D eigenvalue weighted by Crippen LogP contribution is 2.56. The van der Waals surface area contributed by atoms with E-state index in [9.17, 15) is 14.4 Å². The van der Waals surface area contributed by atoms with Gasteiger partial charge in [0, 0.05) is 29.2 Å². The maximum Gasteiger partial charge on any atom is 0.256 e. The SMILES string of the molecule is CC1(C)S[C@@H]2c3ccccc3C(=O)N2[C@H]1C(=O)N[C@@H](C(=O)NCc1ccncc1)c1ccccc1. The number of hydrogen-bond donors (Lipinski definition) is 2. The van der Waals surface area contributed by atoms with Crippen LogP contribution in [0.5, 0.6) is 0 Å². The van der Waals surface area contributed by atoms with Crippen molar-refractivity contribution in [1.82, 2.24) is 20.5 Å². The zero-order valence-electron chi connectivity index (χ0n) is 19.5. The van der Waals surface area contributed by atoms with Gasteiger partial charge < -0.3 is 15.5 Å². The summed E-state index contributed by atoms with van der Waals surface area (Å²) in [6.07, 6.45) is 3.33. The minimum atomic E-state index is -0.898. The van der Waals surface area contributed by atoms with Crippen molar-refractivity contribution >= 4 is 29.5 Å². The second-order valence-electron chi connectivity index (χ2n) is 9.20. The Morgan fingerprint density at radius 1 is 1.03 bits per heavy atom. The number of nitrogens with one attached hydrogen (secondary N) is 2. The highest BCUT2D eigenvalue weighted by molar-refractivity contribution is 8.01. The van der Waals surface area contributed by atoms with Gasteiger partial charge in [-0.25, -0.2) is 0 Å². The fourth-order valence-electron chi connectivity index (χ4n) is 4.76. The predicted molar refractivity (Wildman–Crippen MR) is 134 cm³/mol. The fraction of sp³-hybridized carbons (Fsp3) is 0.259. The van der Waals surface area contributed by atoms with Gasteiger partial charge in [0.1, 0.15) is 17.5 Å². The number of thioether (sulfide) groups is 1. The lowest BCUT2D eigenvalue weighted by Crippen LogP contribution is -2.54. The van der Waals surface area contributed by atoms with Gasteiger partial charge in [-0.1, -0.05) is 48.5 Å². The van der Waals surface area contributed by atoms with Crippen LogP contribution in [0.25, 0.3) is 0 Å². The van der Waals surface area contributed by atoms with E-state index >= 15 is 0 Å². The van der Waals surface area contributed by atoms with Gasteiger partial charge in [0.2, 0.25) is 11.8 Å². The van der Waals surface area contributed by atoms with Gasteiger partial charge in [-0.15, -0.1) is 11.8 Å². The molecule has 8 heteroatoms. The molecule has 5 rings (SSSR count). The summed E-state index contributed by atoms with van der Waals surface area (Å²) < 4.78 is -0.535. The molecule has 0 aliphatic carbocycles. The lowest BCUT2D eigenvalue weighted by atomic mass is 9.99. The van der Waals surface area contributed by atoms with Crippen LogP contribution in [0, 0.1) is 0 Å². The molecule has 1 aromatic heterocycles. The van der Waals surface area contributed by atoms with Crippen molar-refractivity contribution < 1.29 is 14.4 Å². The third kappa shape index (κ3) is 4.30. The van der Waals surface area contributed by atoms with E-state index in [0.29, 0.717) is 17.7 Å². The molecule has 7 nitrogen and oxygen atoms in total. The molecule has 3 amide bonds. The molecule has 0 spiro atoms. The average molecular weight is 487 g/mol. The van der Waals surface area contributed by atoms with Crippen LogP contribution in [0.15, 0.2) is 79.1 Å². The molecular weight excluding hydrogens is 460 g/mol. The van der Waals surface area contributed by atoms with E-state index in [1.165, 1.54) is 0 Å². The quantitative estimate of drug-likeness (QED) is 0.556. The number of carbonyl (C=O) groups excluding carboxylic acids is 3. The standard InChI is InChI=1S/C27H26N4O3S/c1-27(2)22(31-25(34)19-10-6-7-11-20(19)26(31)35-27)24(33)30-21(18-8-4-3-5-9-18)23(32)29-16-17-12-14-28-15-13-17/h3-15,21-22,26H,16H2,1-2H3,(H,29,32)(H,30,33)/t21-,22+,26-/m1/s1. The molecule has 3 aromatic rings. The molecule has 0 bridgehead atoms. The summed E-state index contributed by atoms with van der Waals surface area (Å²) in [5.41, 5.74) is 3.14. The first-order valence-electron chi connectivity index (χ1n) is 11.5. The molecule has 178 valence electrons. The number of aromatic nitrogens is 1. The van der Waals surface area contributed by atoms with Crippen molar-refractivity contribution in [2.24, 2.45) is 0 Å². The fourth-order valence-corrected chi connectivity index (χ4v) is 6.35. The number of hydrogen-bond acceptors (Lipinski definition) is 5. The Bertz CT molecular complexity index is 1270. The van der Waals surface area contributed by atoms with Gasteiger partial charge >= 0.3 is 0 Å². The first kappa shape index (κ1) is 23.1. The van der Waals surface area contributed by atoms with E-state index in [0.717, 1.165) is 11.1 Å². The van der Waals surface area contributed by atoms with Crippen LogP contribution in [0.3, 0.4) is 0 Å². The Balaban J connectivity index is 1.40. The topological polar surface area (TPSA) is 91.4 Å². The minimum absolute atomic E-state index is 0.151. The molecule has 1 saturated heterocycles. The number of pyridine rings is 1. The van der Waals surface area contributed by atoms with E-state index in [-0.39, 0.29) is 23.1 Å². The van der Waals surface area contributed by atoms with Gasteiger partial charge in [0.15, 0.2) is 0 Å². The Labute approximate surface area is 208 Å². The number of carbonyl (C=O) groups is 3. The third-order valence-corrected chi connectivity index (χ3v) is 7.98. The number of amides is 3. The summed E-state index contributed by atoms with van der Waals surface area (Å²) in [7, 11) is 0. The molecule has 35 heavy (non-hydrogen) atoms. The lowest BCUT2D eigenvalue weighted by Gasteiger charge is -2.31. The summed E-state index contributed by atoms with van der Waals surface area (Å²) >= 11 is 1.60. The largest absolute Gasteiger partial charge is 0.350 e. The first-order valence-corrected chi connectivity index (χ1v) is 12.4. The molecule has 2 N–H and O–H groups in total. The summed E-state index contributed by atoms with van der Waals surface area (Å²) in [6.45, 7) is 4.25. The molecule has 2 aromatic carbocycles. The zero-order chi connectivity index (χ0) is 24.6. The van der Waals surface area contributed by atoms with Gasteiger partial charge in [-0.2, -0.15) is 0 Å². The predicted octanol–water partition coefficient (Wildman–Crippen LogP) is 3.60. The van der Waals surface area contributed by atoms with E-state index in [2.05, 4.69) is 15.6 Å². The van der Waals surface area contributed by atoms with Crippen LogP contribution in [-0.4, -0.2) is 38.4 Å². The zero-order valence-corrected chi connectivity index (χ0v) is 20.3. The summed E-state index contributed by atoms with van der Waals surface area (Å²) in [5, 5.41) is 5.65. The number of fused-ring (bicyclic) bond motifs is 3. The van der Waals surface area contributed by atoms with Crippen molar-refractivity contribution in [3.63, 3.8) is 0 Å². The van der Waals surface area contributed by atoms with Crippen LogP contribution in [0.2, 0.25) is 0 Å². The maximum atomic E-state index is 13.8. The molecule has 0 unspecified atom stereocenters. The lowest BCUT2D eigenvalue weighted by molar-refractivity contribution is -0.132. The summed E-state index contributed by atoms with van der Waals surface area (Å²) in [6, 6.07) is 18.7. The smallest absolute Gasteiger partial charge is 0.256 e. The summed E-state index contributed by atoms with van der Waals surface area (Å²) in [4.78, 5) is 46.0. The van der Waals surface area contributed by atoms with Gasteiger partial charge in [-0.05, 0) is 48.7 Å². The van der Waals surface area contributed by atoms with Crippen LogP contribution < -0.4 is 10.6 Å². The van der Waals surface area contributed by atoms with Crippen molar-refractivity contribution in [2.45, 2.75) is 42.6 Å². The van der Waals surface area contributed by atoms with Crippen LogP contribution in [0.4, 0.5) is 0 Å². The highest BCUT2D eigenvalue weighted by Gasteiger charge is 2.57. The van der Waals surface area contributed by atoms with Crippen LogP contribution >= 0.6 is 11.8 Å². The Kier molecular flexibility index (Phi) is 6.06. The van der Waals surface area contributed by atoms with Crippen LogP contribution in [0.1, 0.15) is 52.3 Å². The molecule has 3 heterocycles. The number of benzene rings is 2. The first-order chi connectivity index (χ1) is 16.9. The molecule has 0 radical (unpaired) electrons.